The third-order valence-corrected chi connectivity index (χ3v) is 4.55. The number of aliphatic hydroxyl groups is 1. The fourth-order valence-corrected chi connectivity index (χ4v) is 3.54. The first-order valence-corrected chi connectivity index (χ1v) is 7.85. The highest BCUT2D eigenvalue weighted by Crippen LogP contribution is 2.39. The molecule has 1 fully saturated rings. The Morgan fingerprint density at radius 2 is 2.09 bits per heavy atom. The summed E-state index contributed by atoms with van der Waals surface area (Å²) in [5.74, 6) is 0.0492. The van der Waals surface area contributed by atoms with Crippen molar-refractivity contribution in [3.8, 4) is 0 Å². The van der Waals surface area contributed by atoms with Crippen LogP contribution >= 0.6 is 15.9 Å². The summed E-state index contributed by atoms with van der Waals surface area (Å²) in [6.07, 6.45) is -2.23. The average Bonchev–Trinajstić information content (AvgIpc) is 2.38. The summed E-state index contributed by atoms with van der Waals surface area (Å²) in [5, 5.41) is 9.66. The van der Waals surface area contributed by atoms with Crippen LogP contribution in [0.15, 0.2) is 27.6 Å². The highest BCUT2D eigenvalue weighted by molar-refractivity contribution is 9.10. The molecule has 2 aromatic rings. The Morgan fingerprint density at radius 3 is 2.65 bits per heavy atom. The molecule has 1 aliphatic carbocycles. The Kier molecular flexibility index (Phi) is 3.79. The van der Waals surface area contributed by atoms with Gasteiger partial charge in [0, 0.05) is 28.7 Å². The molecule has 4 nitrogen and oxygen atoms in total. The van der Waals surface area contributed by atoms with Crippen molar-refractivity contribution >= 4 is 27.0 Å². The van der Waals surface area contributed by atoms with Crippen molar-refractivity contribution in [2.24, 2.45) is 5.92 Å². The smallest absolute Gasteiger partial charge is 0.390 e. The van der Waals surface area contributed by atoms with Gasteiger partial charge in [-0.2, -0.15) is 13.2 Å². The fraction of sp³-hybridized carbons (Fsp3) is 0.467. The van der Waals surface area contributed by atoms with Gasteiger partial charge >= 0.3 is 6.18 Å². The minimum atomic E-state index is -4.63. The Hall–Kier alpha value is -1.41. The van der Waals surface area contributed by atoms with Crippen LogP contribution in [0.3, 0.4) is 0 Å². The Labute approximate surface area is 138 Å². The first-order chi connectivity index (χ1) is 10.6. The summed E-state index contributed by atoms with van der Waals surface area (Å²) in [4.78, 5) is 16.2. The van der Waals surface area contributed by atoms with Gasteiger partial charge in [0.15, 0.2) is 0 Å². The molecule has 1 N–H and O–H groups in total. The van der Waals surface area contributed by atoms with E-state index >= 15 is 0 Å². The molecule has 23 heavy (non-hydrogen) atoms. The largest absolute Gasteiger partial charge is 0.417 e. The Balaban J connectivity index is 2.12. The van der Waals surface area contributed by atoms with Gasteiger partial charge in [0.25, 0.3) is 5.56 Å². The maximum Gasteiger partial charge on any atom is 0.417 e. The van der Waals surface area contributed by atoms with Crippen LogP contribution < -0.4 is 5.56 Å². The van der Waals surface area contributed by atoms with E-state index in [0.29, 0.717) is 23.4 Å². The monoisotopic (exact) mass is 390 g/mol. The third-order valence-electron chi connectivity index (χ3n) is 4.12. The van der Waals surface area contributed by atoms with Gasteiger partial charge in [-0.25, -0.2) is 4.98 Å². The molecule has 0 radical (unpaired) electrons. The Bertz CT molecular complexity index is 822. The maximum absolute atomic E-state index is 13.2. The number of fused-ring (bicyclic) bond motifs is 1. The van der Waals surface area contributed by atoms with Crippen LogP contribution in [-0.2, 0) is 12.7 Å². The Morgan fingerprint density at radius 1 is 1.43 bits per heavy atom. The highest BCUT2D eigenvalue weighted by atomic mass is 79.9. The van der Waals surface area contributed by atoms with Crippen LogP contribution in [0.4, 0.5) is 13.2 Å². The summed E-state index contributed by atoms with van der Waals surface area (Å²) in [6, 6.07) is 1.94. The van der Waals surface area contributed by atoms with Gasteiger partial charge in [-0.15, -0.1) is 0 Å². The predicted octanol–water partition coefficient (Wildman–Crippen LogP) is 3.34. The normalized spacial score (nSPS) is 24.7. The first kappa shape index (κ1) is 16.4. The van der Waals surface area contributed by atoms with Crippen LogP contribution in [0, 0.1) is 5.92 Å². The lowest BCUT2D eigenvalue weighted by Crippen LogP contribution is -2.43. The van der Waals surface area contributed by atoms with Gasteiger partial charge < -0.3 is 5.11 Å². The maximum atomic E-state index is 13.2. The molecule has 0 aliphatic heterocycles. The zero-order valence-electron chi connectivity index (χ0n) is 12.2. The van der Waals surface area contributed by atoms with Crippen LogP contribution in [0.25, 0.3) is 11.0 Å². The van der Waals surface area contributed by atoms with Crippen molar-refractivity contribution in [1.82, 2.24) is 9.55 Å². The third kappa shape index (κ3) is 3.14. The molecule has 3 rings (SSSR count). The van der Waals surface area contributed by atoms with E-state index in [4.69, 9.17) is 0 Å². The second kappa shape index (κ2) is 5.31. The quantitative estimate of drug-likeness (QED) is 0.855. The molecule has 124 valence electrons. The van der Waals surface area contributed by atoms with Crippen molar-refractivity contribution in [2.75, 3.05) is 0 Å². The van der Waals surface area contributed by atoms with Crippen LogP contribution in [0.5, 0.6) is 0 Å². The van der Waals surface area contributed by atoms with Gasteiger partial charge in [-0.1, -0.05) is 0 Å². The minimum absolute atomic E-state index is 0.0135. The van der Waals surface area contributed by atoms with Crippen LogP contribution in [-0.4, -0.2) is 20.3 Å². The molecule has 2 heterocycles. The molecule has 0 aromatic carbocycles. The molecular weight excluding hydrogens is 377 g/mol. The lowest BCUT2D eigenvalue weighted by molar-refractivity contribution is -0.136. The molecule has 0 amide bonds. The van der Waals surface area contributed by atoms with E-state index in [1.165, 1.54) is 16.8 Å². The average molecular weight is 391 g/mol. The second-order valence-electron chi connectivity index (χ2n) is 6.30. The van der Waals surface area contributed by atoms with E-state index in [0.717, 1.165) is 0 Å². The number of nitrogens with zero attached hydrogens (tertiary/aromatic N) is 2. The number of rotatable bonds is 2. The topological polar surface area (TPSA) is 55.1 Å². The SMILES string of the molecule is CC1(O)CC(Cn2c(=O)cc(C(F)(F)F)c3cc(Br)cnc32)C1. The summed E-state index contributed by atoms with van der Waals surface area (Å²) >= 11 is 3.12. The number of hydrogen-bond donors (Lipinski definition) is 1. The molecule has 0 atom stereocenters. The van der Waals surface area contributed by atoms with Crippen LogP contribution in [0.1, 0.15) is 25.3 Å². The molecule has 0 unspecified atom stereocenters. The van der Waals surface area contributed by atoms with Crippen molar-refractivity contribution in [2.45, 2.75) is 38.1 Å². The van der Waals surface area contributed by atoms with Gasteiger partial charge in [-0.3, -0.25) is 9.36 Å². The predicted molar refractivity (Wildman–Crippen MR) is 82.1 cm³/mol. The zero-order chi connectivity index (χ0) is 17.0. The van der Waals surface area contributed by atoms with E-state index in [-0.39, 0.29) is 23.5 Å². The summed E-state index contributed by atoms with van der Waals surface area (Å²) < 4.78 is 41.2. The van der Waals surface area contributed by atoms with E-state index in [2.05, 4.69) is 20.9 Å². The molecule has 8 heteroatoms. The zero-order valence-corrected chi connectivity index (χ0v) is 13.8. The van der Waals surface area contributed by atoms with E-state index < -0.39 is 22.9 Å². The molecular formula is C15H14BrF3N2O2. The summed E-state index contributed by atoms with van der Waals surface area (Å²) in [7, 11) is 0. The number of alkyl halides is 3. The van der Waals surface area contributed by atoms with Crippen molar-refractivity contribution in [3.05, 3.63) is 38.7 Å². The van der Waals surface area contributed by atoms with Crippen molar-refractivity contribution < 1.29 is 18.3 Å². The number of halogens is 4. The summed E-state index contributed by atoms with van der Waals surface area (Å²) in [5.41, 5.74) is -2.46. The lowest BCUT2D eigenvalue weighted by Gasteiger charge is -2.41. The second-order valence-corrected chi connectivity index (χ2v) is 7.22. The summed E-state index contributed by atoms with van der Waals surface area (Å²) in [6.45, 7) is 1.95. The fourth-order valence-electron chi connectivity index (χ4n) is 3.21. The van der Waals surface area contributed by atoms with E-state index in [9.17, 15) is 23.1 Å². The molecule has 2 aromatic heterocycles. The van der Waals surface area contributed by atoms with Gasteiger partial charge in [0.05, 0.1) is 11.2 Å². The van der Waals surface area contributed by atoms with Gasteiger partial charge in [0.2, 0.25) is 0 Å². The van der Waals surface area contributed by atoms with Gasteiger partial charge in [-0.05, 0) is 47.7 Å². The minimum Gasteiger partial charge on any atom is -0.390 e. The number of hydrogen-bond acceptors (Lipinski definition) is 3. The lowest BCUT2D eigenvalue weighted by atomic mass is 9.72. The molecule has 1 aliphatic rings. The molecule has 1 saturated carbocycles. The van der Waals surface area contributed by atoms with Crippen molar-refractivity contribution in [3.63, 3.8) is 0 Å². The van der Waals surface area contributed by atoms with E-state index in [1.54, 1.807) is 6.92 Å². The van der Waals surface area contributed by atoms with Gasteiger partial charge in [0.1, 0.15) is 5.65 Å². The highest BCUT2D eigenvalue weighted by Gasteiger charge is 2.39. The first-order valence-electron chi connectivity index (χ1n) is 7.05. The standard InChI is InChI=1S/C15H14BrF3N2O2/c1-14(23)4-8(5-14)7-21-12(22)3-11(15(17,18)19)10-2-9(16)6-20-13(10)21/h2-3,6,8,23H,4-5,7H2,1H3. The number of pyridine rings is 2. The molecule has 0 bridgehead atoms. The van der Waals surface area contributed by atoms with Crippen molar-refractivity contribution in [1.29, 1.82) is 0 Å². The molecule has 0 saturated heterocycles. The molecule has 0 spiro atoms. The number of aromatic nitrogens is 2. The van der Waals surface area contributed by atoms with E-state index in [1.807, 2.05) is 0 Å². The van der Waals surface area contributed by atoms with Crippen LogP contribution in [0.2, 0.25) is 0 Å².